The molecule has 0 saturated heterocycles. The molecule has 2 rings (SSSR count). The molecule has 0 radical (unpaired) electrons. The molecule has 0 fully saturated rings. The molecule has 0 aromatic rings. The topological polar surface area (TPSA) is 38.0 Å². The maximum absolute atomic E-state index is 6.01. The number of nitrogens with one attached hydrogen (secondary N) is 1. The van der Waals surface area contributed by atoms with E-state index in [4.69, 9.17) is 5.73 Å². The van der Waals surface area contributed by atoms with Gasteiger partial charge in [0, 0.05) is 11.4 Å². The fourth-order valence-corrected chi connectivity index (χ4v) is 1.89. The van der Waals surface area contributed by atoms with Crippen LogP contribution in [0.3, 0.4) is 0 Å². The van der Waals surface area contributed by atoms with Crippen molar-refractivity contribution in [2.75, 3.05) is 0 Å². The largest absolute Gasteiger partial charge is 0.400 e. The predicted octanol–water partition coefficient (Wildman–Crippen LogP) is 2.58. The standard InChI is InChI=1S/C13H18N2/c1-10-7-8-13(12(14)9-10)15-11-5-3-2-4-6-11/h2-3,5,7-8,10,15H,4,6,9,14H2,1H3. The van der Waals surface area contributed by atoms with Crippen LogP contribution in [0.25, 0.3) is 0 Å². The third kappa shape index (κ3) is 2.52. The van der Waals surface area contributed by atoms with E-state index in [1.807, 2.05) is 0 Å². The van der Waals surface area contributed by atoms with E-state index < -0.39 is 0 Å². The highest BCUT2D eigenvalue weighted by Gasteiger charge is 2.11. The Labute approximate surface area is 91.2 Å². The lowest BCUT2D eigenvalue weighted by molar-refractivity contribution is 0.679. The molecule has 2 heteroatoms. The van der Waals surface area contributed by atoms with Crippen molar-refractivity contribution >= 4 is 0 Å². The van der Waals surface area contributed by atoms with Crippen molar-refractivity contribution in [2.45, 2.75) is 26.2 Å². The average molecular weight is 202 g/mol. The Bertz CT molecular complexity index is 359. The van der Waals surface area contributed by atoms with Crippen LogP contribution in [-0.4, -0.2) is 0 Å². The maximum atomic E-state index is 6.01. The van der Waals surface area contributed by atoms with Gasteiger partial charge in [0.05, 0.1) is 5.70 Å². The Hall–Kier alpha value is -1.44. The van der Waals surface area contributed by atoms with E-state index in [1.54, 1.807) is 0 Å². The third-order valence-corrected chi connectivity index (χ3v) is 2.79. The zero-order valence-electron chi connectivity index (χ0n) is 9.16. The van der Waals surface area contributed by atoms with Crippen LogP contribution in [0, 0.1) is 5.92 Å². The van der Waals surface area contributed by atoms with Gasteiger partial charge in [-0.1, -0.05) is 25.2 Å². The van der Waals surface area contributed by atoms with Crippen LogP contribution in [0.2, 0.25) is 0 Å². The van der Waals surface area contributed by atoms with Crippen molar-refractivity contribution in [1.29, 1.82) is 0 Å². The van der Waals surface area contributed by atoms with Crippen molar-refractivity contribution in [3.8, 4) is 0 Å². The van der Waals surface area contributed by atoms with Crippen LogP contribution in [0.5, 0.6) is 0 Å². The first kappa shape index (κ1) is 10.1. The van der Waals surface area contributed by atoms with E-state index in [0.29, 0.717) is 5.92 Å². The van der Waals surface area contributed by atoms with Crippen molar-refractivity contribution in [3.63, 3.8) is 0 Å². The van der Waals surface area contributed by atoms with Gasteiger partial charge in [0.2, 0.25) is 0 Å². The zero-order chi connectivity index (χ0) is 10.7. The second-order valence-electron chi connectivity index (χ2n) is 4.26. The molecule has 0 amide bonds. The number of hydrogen-bond donors (Lipinski definition) is 2. The van der Waals surface area contributed by atoms with Gasteiger partial charge in [-0.2, -0.15) is 0 Å². The summed E-state index contributed by atoms with van der Waals surface area (Å²) >= 11 is 0. The summed E-state index contributed by atoms with van der Waals surface area (Å²) in [6.45, 7) is 2.18. The lowest BCUT2D eigenvalue weighted by atomic mass is 9.98. The van der Waals surface area contributed by atoms with Gasteiger partial charge in [0.15, 0.2) is 0 Å². The lowest BCUT2D eigenvalue weighted by Crippen LogP contribution is -2.20. The lowest BCUT2D eigenvalue weighted by Gasteiger charge is -2.20. The molecule has 15 heavy (non-hydrogen) atoms. The molecule has 80 valence electrons. The molecule has 0 heterocycles. The van der Waals surface area contributed by atoms with Crippen molar-refractivity contribution in [1.82, 2.24) is 5.32 Å². The Morgan fingerprint density at radius 1 is 1.47 bits per heavy atom. The van der Waals surface area contributed by atoms with Crippen molar-refractivity contribution < 1.29 is 0 Å². The minimum Gasteiger partial charge on any atom is -0.400 e. The number of allylic oxidation sites excluding steroid dienone is 7. The van der Waals surface area contributed by atoms with Crippen LogP contribution in [0.15, 0.2) is 47.5 Å². The number of hydrogen-bond acceptors (Lipinski definition) is 2. The van der Waals surface area contributed by atoms with Crippen molar-refractivity contribution in [3.05, 3.63) is 47.5 Å². The summed E-state index contributed by atoms with van der Waals surface area (Å²) in [4.78, 5) is 0. The average Bonchev–Trinajstić information content (AvgIpc) is 2.24. The molecular formula is C13H18N2. The Kier molecular flexibility index (Phi) is 2.95. The van der Waals surface area contributed by atoms with E-state index in [0.717, 1.165) is 30.7 Å². The first-order valence-electron chi connectivity index (χ1n) is 5.55. The molecule has 2 aliphatic carbocycles. The number of rotatable bonds is 2. The monoisotopic (exact) mass is 202 g/mol. The quantitative estimate of drug-likeness (QED) is 0.722. The number of nitrogens with two attached hydrogens (primary N) is 1. The highest BCUT2D eigenvalue weighted by Crippen LogP contribution is 2.20. The first-order chi connectivity index (χ1) is 7.25. The molecular weight excluding hydrogens is 184 g/mol. The Morgan fingerprint density at radius 2 is 2.33 bits per heavy atom. The van der Waals surface area contributed by atoms with E-state index >= 15 is 0 Å². The Morgan fingerprint density at radius 3 is 3.00 bits per heavy atom. The summed E-state index contributed by atoms with van der Waals surface area (Å²) in [6, 6.07) is 0. The second kappa shape index (κ2) is 4.39. The minimum atomic E-state index is 0.566. The van der Waals surface area contributed by atoms with Gasteiger partial charge in [-0.25, -0.2) is 0 Å². The van der Waals surface area contributed by atoms with Crippen LogP contribution < -0.4 is 11.1 Å². The summed E-state index contributed by atoms with van der Waals surface area (Å²) in [7, 11) is 0. The van der Waals surface area contributed by atoms with Gasteiger partial charge in [-0.3, -0.25) is 0 Å². The fourth-order valence-electron chi connectivity index (χ4n) is 1.89. The molecule has 3 N–H and O–H groups in total. The second-order valence-corrected chi connectivity index (χ2v) is 4.26. The van der Waals surface area contributed by atoms with Crippen LogP contribution in [0.1, 0.15) is 26.2 Å². The van der Waals surface area contributed by atoms with E-state index in [-0.39, 0.29) is 0 Å². The van der Waals surface area contributed by atoms with Crippen molar-refractivity contribution in [2.24, 2.45) is 11.7 Å². The molecule has 0 saturated carbocycles. The van der Waals surface area contributed by atoms with Crippen LogP contribution in [-0.2, 0) is 0 Å². The summed E-state index contributed by atoms with van der Waals surface area (Å²) in [5.74, 6) is 0.566. The smallest absolute Gasteiger partial charge is 0.0569 e. The van der Waals surface area contributed by atoms with Crippen LogP contribution in [0.4, 0.5) is 0 Å². The van der Waals surface area contributed by atoms with E-state index in [2.05, 4.69) is 42.6 Å². The molecule has 0 spiro atoms. The highest BCUT2D eigenvalue weighted by atomic mass is 14.9. The molecule has 0 aromatic carbocycles. The first-order valence-corrected chi connectivity index (χ1v) is 5.55. The maximum Gasteiger partial charge on any atom is 0.0569 e. The molecule has 2 nitrogen and oxygen atoms in total. The van der Waals surface area contributed by atoms with E-state index in [9.17, 15) is 0 Å². The van der Waals surface area contributed by atoms with Gasteiger partial charge in [0.1, 0.15) is 0 Å². The highest BCUT2D eigenvalue weighted by molar-refractivity contribution is 5.32. The van der Waals surface area contributed by atoms with Gasteiger partial charge in [-0.05, 0) is 37.3 Å². The molecule has 1 atom stereocenters. The third-order valence-electron chi connectivity index (χ3n) is 2.79. The summed E-state index contributed by atoms with van der Waals surface area (Å²) in [5, 5.41) is 3.41. The molecule has 0 aliphatic heterocycles. The normalized spacial score (nSPS) is 25.4. The van der Waals surface area contributed by atoms with Gasteiger partial charge in [0.25, 0.3) is 0 Å². The van der Waals surface area contributed by atoms with E-state index in [1.165, 1.54) is 5.70 Å². The SMILES string of the molecule is CC1C=CC(NC2=CC=CCC2)=C(N)C1. The predicted molar refractivity (Wildman–Crippen MR) is 63.7 cm³/mol. The Balaban J connectivity index is 2.06. The summed E-state index contributed by atoms with van der Waals surface area (Å²) in [6.07, 6.45) is 13.9. The minimum absolute atomic E-state index is 0.566. The summed E-state index contributed by atoms with van der Waals surface area (Å²) in [5.41, 5.74) is 9.32. The van der Waals surface area contributed by atoms with Gasteiger partial charge < -0.3 is 11.1 Å². The van der Waals surface area contributed by atoms with Crippen LogP contribution >= 0.6 is 0 Å². The molecule has 2 aliphatic rings. The molecule has 0 bridgehead atoms. The molecule has 0 aromatic heterocycles. The molecule has 1 unspecified atom stereocenters. The van der Waals surface area contributed by atoms with Gasteiger partial charge >= 0.3 is 0 Å². The zero-order valence-corrected chi connectivity index (χ0v) is 9.16. The van der Waals surface area contributed by atoms with Gasteiger partial charge in [-0.15, -0.1) is 0 Å². The summed E-state index contributed by atoms with van der Waals surface area (Å²) < 4.78 is 0. The fraction of sp³-hybridized carbons (Fsp3) is 0.385.